The van der Waals surface area contributed by atoms with Gasteiger partial charge in [0.2, 0.25) is 5.91 Å². The number of carbonyl (C=O) groups excluding carboxylic acids is 1. The van der Waals surface area contributed by atoms with Crippen LogP contribution in [0.15, 0.2) is 12.5 Å². The second kappa shape index (κ2) is 6.15. The van der Waals surface area contributed by atoms with Crippen molar-refractivity contribution in [1.82, 2.24) is 19.4 Å². The zero-order valence-corrected chi connectivity index (χ0v) is 16.8. The fourth-order valence-electron chi connectivity index (χ4n) is 5.02. The number of fused-ring (bicyclic) bond motifs is 1. The predicted molar refractivity (Wildman–Crippen MR) is 104 cm³/mol. The third-order valence-electron chi connectivity index (χ3n) is 6.15. The van der Waals surface area contributed by atoms with Gasteiger partial charge < -0.3 is 24.3 Å². The molecule has 0 spiro atoms. The number of anilines is 1. The monoisotopic (exact) mass is 385 g/mol. The van der Waals surface area contributed by atoms with E-state index in [2.05, 4.69) is 26.0 Å². The lowest BCUT2D eigenvalue weighted by Crippen LogP contribution is -2.37. The van der Waals surface area contributed by atoms with E-state index < -0.39 is 5.79 Å². The van der Waals surface area contributed by atoms with Gasteiger partial charge in [0.1, 0.15) is 30.0 Å². The molecule has 2 aliphatic heterocycles. The Morgan fingerprint density at radius 1 is 1.29 bits per heavy atom. The van der Waals surface area contributed by atoms with E-state index in [1.54, 1.807) is 25.3 Å². The molecule has 1 aliphatic carbocycles. The maximum Gasteiger partial charge on any atom is 0.227 e. The van der Waals surface area contributed by atoms with E-state index in [4.69, 9.17) is 9.47 Å². The molecule has 3 aliphatic rings. The Hall–Kier alpha value is -2.19. The minimum absolute atomic E-state index is 0.000832. The van der Waals surface area contributed by atoms with Crippen molar-refractivity contribution in [3.8, 4) is 0 Å². The predicted octanol–water partition coefficient (Wildman–Crippen LogP) is 1.96. The number of amides is 1. The number of nitrogens with zero attached hydrogens (tertiary/aromatic N) is 4. The summed E-state index contributed by atoms with van der Waals surface area (Å²) >= 11 is 0. The van der Waals surface area contributed by atoms with Gasteiger partial charge in [-0.05, 0) is 38.7 Å². The largest absolute Gasteiger partial charge is 0.369 e. The fraction of sp³-hybridized carbons (Fsp3) is 0.650. The normalized spacial score (nSPS) is 30.7. The fourth-order valence-corrected chi connectivity index (χ4v) is 5.02. The van der Waals surface area contributed by atoms with Gasteiger partial charge in [0.25, 0.3) is 0 Å². The Balaban J connectivity index is 1.60. The summed E-state index contributed by atoms with van der Waals surface area (Å²) in [5, 5.41) is 4.51. The molecule has 1 N–H and O–H groups in total. The van der Waals surface area contributed by atoms with Gasteiger partial charge in [0.15, 0.2) is 5.79 Å². The molecule has 5 rings (SSSR count). The highest BCUT2D eigenvalue weighted by Crippen LogP contribution is 2.48. The number of nitrogens with one attached hydrogen (secondary N) is 1. The Bertz CT molecular complexity index is 937. The number of ether oxygens (including phenoxy) is 2. The van der Waals surface area contributed by atoms with Crippen molar-refractivity contribution in [2.24, 2.45) is 5.92 Å². The summed E-state index contributed by atoms with van der Waals surface area (Å²) in [4.78, 5) is 23.6. The van der Waals surface area contributed by atoms with Gasteiger partial charge in [0, 0.05) is 26.8 Å². The van der Waals surface area contributed by atoms with E-state index in [0.29, 0.717) is 6.42 Å². The standard InChI is InChI=1S/C20H27N5O3/c1-20(2)27-15-12(19(26)24(3)4)8-13(16(15)28-20)25-9-11-6-5-7-21-17-14(11)18(25)23-10-22-17/h9-10,12-13,15-16H,5-8H2,1-4H3,(H,21,22,23)/t12-,13+,15+,16-/m0/s1. The molecule has 1 saturated carbocycles. The molecule has 2 fully saturated rings. The van der Waals surface area contributed by atoms with E-state index >= 15 is 0 Å². The SMILES string of the molecule is CN(C)C(=O)[C@H]1C[C@@H](n2cc3c4c(ncnc42)NCCC3)[C@@H]2OC(C)(C)O[C@@H]21. The highest BCUT2D eigenvalue weighted by Gasteiger charge is 2.57. The topological polar surface area (TPSA) is 81.5 Å². The number of carbonyl (C=O) groups is 1. The maximum atomic E-state index is 12.9. The van der Waals surface area contributed by atoms with Crippen LogP contribution >= 0.6 is 0 Å². The number of hydrogen-bond acceptors (Lipinski definition) is 6. The summed E-state index contributed by atoms with van der Waals surface area (Å²) in [5.74, 6) is 0.0712. The first-order valence-electron chi connectivity index (χ1n) is 10.0. The van der Waals surface area contributed by atoms with E-state index in [1.165, 1.54) is 5.56 Å². The van der Waals surface area contributed by atoms with Crippen LogP contribution in [-0.2, 0) is 20.7 Å². The van der Waals surface area contributed by atoms with Crippen LogP contribution in [0.3, 0.4) is 0 Å². The Morgan fingerprint density at radius 3 is 2.86 bits per heavy atom. The minimum atomic E-state index is -0.697. The van der Waals surface area contributed by atoms with Crippen LogP contribution in [0.4, 0.5) is 5.82 Å². The quantitative estimate of drug-likeness (QED) is 0.851. The van der Waals surface area contributed by atoms with Gasteiger partial charge in [-0.25, -0.2) is 9.97 Å². The molecule has 150 valence electrons. The highest BCUT2D eigenvalue weighted by molar-refractivity contribution is 5.91. The average Bonchev–Trinajstić information content (AvgIpc) is 3.20. The lowest BCUT2D eigenvalue weighted by Gasteiger charge is -2.25. The molecule has 0 unspecified atom stereocenters. The zero-order valence-electron chi connectivity index (χ0n) is 16.8. The summed E-state index contributed by atoms with van der Waals surface area (Å²) < 4.78 is 14.7. The smallest absolute Gasteiger partial charge is 0.227 e. The third kappa shape index (κ3) is 2.62. The molecule has 0 aromatic carbocycles. The molecule has 4 atom stereocenters. The third-order valence-corrected chi connectivity index (χ3v) is 6.15. The van der Waals surface area contributed by atoms with E-state index in [9.17, 15) is 4.79 Å². The van der Waals surface area contributed by atoms with Crippen LogP contribution < -0.4 is 5.32 Å². The maximum absolute atomic E-state index is 12.9. The second-order valence-corrected chi connectivity index (χ2v) is 8.72. The average molecular weight is 385 g/mol. The van der Waals surface area contributed by atoms with Crippen molar-refractivity contribution in [2.75, 3.05) is 26.0 Å². The number of hydrogen-bond donors (Lipinski definition) is 1. The molecule has 2 aromatic heterocycles. The van der Waals surface area contributed by atoms with Crippen LogP contribution in [-0.4, -0.2) is 64.0 Å². The van der Waals surface area contributed by atoms with Crippen molar-refractivity contribution < 1.29 is 14.3 Å². The van der Waals surface area contributed by atoms with Gasteiger partial charge in [-0.1, -0.05) is 0 Å². The Kier molecular flexibility index (Phi) is 3.93. The van der Waals surface area contributed by atoms with Gasteiger partial charge >= 0.3 is 0 Å². The van der Waals surface area contributed by atoms with Crippen LogP contribution in [0.25, 0.3) is 11.0 Å². The molecule has 1 saturated heterocycles. The van der Waals surface area contributed by atoms with Crippen LogP contribution in [0.5, 0.6) is 0 Å². The first-order chi connectivity index (χ1) is 13.4. The Labute approximate surface area is 164 Å². The van der Waals surface area contributed by atoms with Gasteiger partial charge in [-0.2, -0.15) is 0 Å². The molecule has 2 aromatic rings. The van der Waals surface area contributed by atoms with Crippen molar-refractivity contribution in [3.05, 3.63) is 18.1 Å². The van der Waals surface area contributed by atoms with E-state index in [-0.39, 0.29) is 30.1 Å². The van der Waals surface area contributed by atoms with E-state index in [0.717, 1.165) is 36.2 Å². The molecule has 28 heavy (non-hydrogen) atoms. The van der Waals surface area contributed by atoms with Crippen LogP contribution in [0, 0.1) is 5.92 Å². The van der Waals surface area contributed by atoms with Crippen molar-refractivity contribution >= 4 is 22.8 Å². The molecular formula is C20H27N5O3. The van der Waals surface area contributed by atoms with Crippen molar-refractivity contribution in [3.63, 3.8) is 0 Å². The summed E-state index contributed by atoms with van der Waals surface area (Å²) in [6.07, 6.45) is 6.10. The highest BCUT2D eigenvalue weighted by atomic mass is 16.8. The summed E-state index contributed by atoms with van der Waals surface area (Å²) in [6.45, 7) is 4.75. The first-order valence-corrected chi connectivity index (χ1v) is 10.0. The number of aromatic nitrogens is 3. The lowest BCUT2D eigenvalue weighted by atomic mass is 10.0. The molecule has 0 bridgehead atoms. The van der Waals surface area contributed by atoms with Gasteiger partial charge in [-0.15, -0.1) is 0 Å². The first kappa shape index (κ1) is 17.9. The number of aryl methyl sites for hydroxylation is 1. The second-order valence-electron chi connectivity index (χ2n) is 8.72. The van der Waals surface area contributed by atoms with Gasteiger partial charge in [0.05, 0.1) is 17.3 Å². The van der Waals surface area contributed by atoms with Crippen molar-refractivity contribution in [2.45, 2.75) is 57.1 Å². The molecule has 4 heterocycles. The summed E-state index contributed by atoms with van der Waals surface area (Å²) in [7, 11) is 3.60. The molecular weight excluding hydrogens is 358 g/mol. The summed E-state index contributed by atoms with van der Waals surface area (Å²) in [6, 6.07) is -0.000832. The number of rotatable bonds is 2. The lowest BCUT2D eigenvalue weighted by molar-refractivity contribution is -0.165. The summed E-state index contributed by atoms with van der Waals surface area (Å²) in [5.41, 5.74) is 2.16. The molecule has 1 amide bonds. The Morgan fingerprint density at radius 2 is 2.07 bits per heavy atom. The van der Waals surface area contributed by atoms with Crippen LogP contribution in [0.1, 0.15) is 38.3 Å². The van der Waals surface area contributed by atoms with Crippen LogP contribution in [0.2, 0.25) is 0 Å². The zero-order chi connectivity index (χ0) is 19.6. The molecule has 8 nitrogen and oxygen atoms in total. The van der Waals surface area contributed by atoms with Crippen molar-refractivity contribution in [1.29, 1.82) is 0 Å². The molecule has 0 radical (unpaired) electrons. The van der Waals surface area contributed by atoms with E-state index in [1.807, 2.05) is 13.8 Å². The molecule has 8 heteroatoms. The minimum Gasteiger partial charge on any atom is -0.369 e. The van der Waals surface area contributed by atoms with Gasteiger partial charge in [-0.3, -0.25) is 4.79 Å².